The molecule has 0 amide bonds. The molecule has 0 saturated heterocycles. The number of fused-ring (bicyclic) bond motifs is 1. The topological polar surface area (TPSA) is 42.9 Å². The van der Waals surface area contributed by atoms with Crippen molar-refractivity contribution in [2.75, 3.05) is 0 Å². The van der Waals surface area contributed by atoms with Gasteiger partial charge in [-0.3, -0.25) is 4.79 Å². The van der Waals surface area contributed by atoms with Crippen LogP contribution < -0.4 is 0 Å². The van der Waals surface area contributed by atoms with Crippen molar-refractivity contribution in [1.82, 2.24) is 9.97 Å². The van der Waals surface area contributed by atoms with Gasteiger partial charge in [-0.2, -0.15) is 0 Å². The van der Waals surface area contributed by atoms with Crippen LogP contribution in [0.25, 0.3) is 10.2 Å². The van der Waals surface area contributed by atoms with E-state index >= 15 is 0 Å². The molecule has 0 N–H and O–H groups in total. The van der Waals surface area contributed by atoms with Crippen molar-refractivity contribution in [1.29, 1.82) is 0 Å². The zero-order valence-corrected chi connectivity index (χ0v) is 7.97. The average molecular weight is 192 g/mol. The van der Waals surface area contributed by atoms with Crippen LogP contribution in [0.3, 0.4) is 0 Å². The number of thiophene rings is 1. The molecular formula is C9H8N2OS. The Morgan fingerprint density at radius 2 is 2.38 bits per heavy atom. The van der Waals surface area contributed by atoms with Crippen molar-refractivity contribution in [2.45, 2.75) is 13.3 Å². The van der Waals surface area contributed by atoms with E-state index in [0.29, 0.717) is 6.42 Å². The maximum absolute atomic E-state index is 10.9. The van der Waals surface area contributed by atoms with Crippen LogP contribution in [0.1, 0.15) is 12.6 Å². The van der Waals surface area contributed by atoms with Gasteiger partial charge in [0.1, 0.15) is 12.1 Å². The van der Waals surface area contributed by atoms with Crippen molar-refractivity contribution in [2.24, 2.45) is 0 Å². The zero-order chi connectivity index (χ0) is 9.26. The Morgan fingerprint density at radius 1 is 1.54 bits per heavy atom. The van der Waals surface area contributed by atoms with E-state index in [0.717, 1.165) is 15.9 Å². The number of hydrogen-bond donors (Lipinski definition) is 0. The van der Waals surface area contributed by atoms with E-state index in [1.54, 1.807) is 18.3 Å². The van der Waals surface area contributed by atoms with Crippen LogP contribution in [-0.2, 0) is 11.2 Å². The fraction of sp³-hybridized carbons (Fsp3) is 0.222. The molecule has 66 valence electrons. The van der Waals surface area contributed by atoms with Gasteiger partial charge in [0.05, 0.1) is 15.9 Å². The van der Waals surface area contributed by atoms with Crippen LogP contribution in [0, 0.1) is 0 Å². The standard InChI is InChI=1S/C9H8N2OS/c1-6(12)4-8-9-7(2-3-13-9)10-5-11-8/h2-3,5H,4H2,1H3. The zero-order valence-electron chi connectivity index (χ0n) is 7.15. The Labute approximate surface area is 79.4 Å². The molecule has 0 fully saturated rings. The average Bonchev–Trinajstić information content (AvgIpc) is 2.51. The summed E-state index contributed by atoms with van der Waals surface area (Å²) < 4.78 is 1.03. The van der Waals surface area contributed by atoms with Crippen LogP contribution in [0.5, 0.6) is 0 Å². The van der Waals surface area contributed by atoms with Crippen LogP contribution in [0.4, 0.5) is 0 Å². The smallest absolute Gasteiger partial charge is 0.135 e. The largest absolute Gasteiger partial charge is 0.300 e. The summed E-state index contributed by atoms with van der Waals surface area (Å²) in [6.45, 7) is 1.57. The lowest BCUT2D eigenvalue weighted by Gasteiger charge is -1.96. The maximum atomic E-state index is 10.9. The highest BCUT2D eigenvalue weighted by Gasteiger charge is 2.06. The van der Waals surface area contributed by atoms with Crippen molar-refractivity contribution in [3.63, 3.8) is 0 Å². The number of carbonyl (C=O) groups is 1. The predicted molar refractivity (Wildman–Crippen MR) is 51.8 cm³/mol. The quantitative estimate of drug-likeness (QED) is 0.729. The summed E-state index contributed by atoms with van der Waals surface area (Å²) in [5.74, 6) is 0.133. The maximum Gasteiger partial charge on any atom is 0.135 e. The molecule has 3 nitrogen and oxygen atoms in total. The first-order valence-electron chi connectivity index (χ1n) is 3.94. The van der Waals surface area contributed by atoms with Gasteiger partial charge in [0, 0.05) is 6.42 Å². The van der Waals surface area contributed by atoms with Gasteiger partial charge in [0.25, 0.3) is 0 Å². The molecule has 0 spiro atoms. The number of carbonyl (C=O) groups excluding carboxylic acids is 1. The highest BCUT2D eigenvalue weighted by molar-refractivity contribution is 7.17. The van der Waals surface area contributed by atoms with Crippen LogP contribution in [-0.4, -0.2) is 15.8 Å². The first kappa shape index (κ1) is 8.31. The van der Waals surface area contributed by atoms with Crippen LogP contribution in [0.2, 0.25) is 0 Å². The summed E-state index contributed by atoms with van der Waals surface area (Å²) >= 11 is 1.58. The molecule has 0 saturated carbocycles. The third-order valence-electron chi connectivity index (χ3n) is 1.73. The number of hydrogen-bond acceptors (Lipinski definition) is 4. The molecule has 0 radical (unpaired) electrons. The Bertz CT molecular complexity index is 450. The lowest BCUT2D eigenvalue weighted by atomic mass is 10.2. The number of aromatic nitrogens is 2. The van der Waals surface area contributed by atoms with E-state index in [1.165, 1.54) is 6.33 Å². The van der Waals surface area contributed by atoms with E-state index in [-0.39, 0.29) is 5.78 Å². The minimum atomic E-state index is 0.133. The second-order valence-electron chi connectivity index (χ2n) is 2.83. The summed E-state index contributed by atoms with van der Waals surface area (Å²) in [4.78, 5) is 19.1. The summed E-state index contributed by atoms with van der Waals surface area (Å²) in [7, 11) is 0. The fourth-order valence-electron chi connectivity index (χ4n) is 1.20. The minimum Gasteiger partial charge on any atom is -0.300 e. The van der Waals surface area contributed by atoms with E-state index in [2.05, 4.69) is 9.97 Å². The van der Waals surface area contributed by atoms with Crippen molar-refractivity contribution in [3.05, 3.63) is 23.5 Å². The van der Waals surface area contributed by atoms with E-state index in [9.17, 15) is 4.79 Å². The Hall–Kier alpha value is -1.29. The van der Waals surface area contributed by atoms with Gasteiger partial charge < -0.3 is 0 Å². The van der Waals surface area contributed by atoms with Gasteiger partial charge in [-0.25, -0.2) is 9.97 Å². The summed E-state index contributed by atoms with van der Waals surface area (Å²) in [5, 5.41) is 1.96. The second-order valence-corrected chi connectivity index (χ2v) is 3.75. The number of ketones is 1. The summed E-state index contributed by atoms with van der Waals surface area (Å²) in [5.41, 5.74) is 1.77. The highest BCUT2D eigenvalue weighted by Crippen LogP contribution is 2.21. The molecule has 4 heteroatoms. The number of rotatable bonds is 2. The molecule has 0 unspecified atom stereocenters. The molecule has 0 aromatic carbocycles. The minimum absolute atomic E-state index is 0.133. The molecule has 2 rings (SSSR count). The summed E-state index contributed by atoms with van der Waals surface area (Å²) in [6.07, 6.45) is 1.91. The van der Waals surface area contributed by atoms with E-state index < -0.39 is 0 Å². The Balaban J connectivity index is 2.54. The predicted octanol–water partition coefficient (Wildman–Crippen LogP) is 1.82. The van der Waals surface area contributed by atoms with Gasteiger partial charge in [0.15, 0.2) is 0 Å². The molecule has 13 heavy (non-hydrogen) atoms. The SMILES string of the molecule is CC(=O)Cc1ncnc2ccsc12. The molecule has 0 atom stereocenters. The van der Waals surface area contributed by atoms with Crippen LogP contribution >= 0.6 is 11.3 Å². The molecule has 2 aromatic heterocycles. The van der Waals surface area contributed by atoms with Crippen molar-refractivity contribution in [3.8, 4) is 0 Å². The number of nitrogens with zero attached hydrogens (tertiary/aromatic N) is 2. The third-order valence-corrected chi connectivity index (χ3v) is 2.69. The van der Waals surface area contributed by atoms with Gasteiger partial charge in [-0.15, -0.1) is 11.3 Å². The molecule has 2 heterocycles. The van der Waals surface area contributed by atoms with Crippen LogP contribution in [0.15, 0.2) is 17.8 Å². The van der Waals surface area contributed by atoms with Crippen molar-refractivity contribution >= 4 is 27.3 Å². The Kier molecular flexibility index (Phi) is 2.06. The lowest BCUT2D eigenvalue weighted by molar-refractivity contribution is -0.116. The third kappa shape index (κ3) is 1.58. The van der Waals surface area contributed by atoms with Crippen molar-refractivity contribution < 1.29 is 4.79 Å². The van der Waals surface area contributed by atoms with Gasteiger partial charge in [0.2, 0.25) is 0 Å². The highest BCUT2D eigenvalue weighted by atomic mass is 32.1. The monoisotopic (exact) mass is 192 g/mol. The summed E-state index contributed by atoms with van der Waals surface area (Å²) in [6, 6.07) is 1.94. The molecule has 0 aliphatic carbocycles. The van der Waals surface area contributed by atoms with Gasteiger partial charge >= 0.3 is 0 Å². The molecule has 0 aliphatic rings. The number of Topliss-reactive ketones (excluding diaryl/α,β-unsaturated/α-hetero) is 1. The first-order valence-corrected chi connectivity index (χ1v) is 4.82. The van der Waals surface area contributed by atoms with Gasteiger partial charge in [-0.1, -0.05) is 0 Å². The molecular weight excluding hydrogens is 184 g/mol. The second kappa shape index (κ2) is 3.22. The molecule has 2 aromatic rings. The first-order chi connectivity index (χ1) is 6.27. The Morgan fingerprint density at radius 3 is 3.15 bits per heavy atom. The fourth-order valence-corrected chi connectivity index (χ4v) is 2.04. The van der Waals surface area contributed by atoms with E-state index in [1.807, 2.05) is 11.4 Å². The van der Waals surface area contributed by atoms with E-state index in [4.69, 9.17) is 0 Å². The molecule has 0 aliphatic heterocycles. The normalized spacial score (nSPS) is 10.5. The lowest BCUT2D eigenvalue weighted by Crippen LogP contribution is -1.99. The van der Waals surface area contributed by atoms with Gasteiger partial charge in [-0.05, 0) is 18.4 Å². The molecule has 0 bridgehead atoms.